The number of benzene rings is 2. The van der Waals surface area contributed by atoms with Crippen LogP contribution in [0.4, 0.5) is 5.95 Å². The monoisotopic (exact) mass is 351 g/mol. The van der Waals surface area contributed by atoms with Gasteiger partial charge in [0, 0.05) is 5.56 Å². The van der Waals surface area contributed by atoms with Crippen molar-refractivity contribution in [2.45, 2.75) is 19.5 Å². The number of fused-ring (bicyclic) bond motifs is 3. The molecule has 0 bridgehead atoms. The number of para-hydroxylation sites is 2. The standard InChI is InChI=1S/C19H21N5O2/c1-3-10-26-16-11-12(8-9-15(16)25-2)17-22-18(20)23-19-21-13-6-4-5-7-14(13)24(17)19/h4-9,11,17H,3,10H2,1-2H3,(H3,20,21,22,23)/t17-/m1/s1. The molecule has 0 amide bonds. The Bertz CT molecular complexity index is 979. The Morgan fingerprint density at radius 2 is 2.04 bits per heavy atom. The van der Waals surface area contributed by atoms with Gasteiger partial charge in [0.2, 0.25) is 5.95 Å². The minimum atomic E-state index is -0.325. The number of nitrogens with one attached hydrogen (secondary N) is 1. The summed E-state index contributed by atoms with van der Waals surface area (Å²) in [6.45, 7) is 2.69. The zero-order valence-corrected chi connectivity index (χ0v) is 14.8. The van der Waals surface area contributed by atoms with Crippen LogP contribution in [0, 0.1) is 0 Å². The first-order valence-electron chi connectivity index (χ1n) is 8.59. The van der Waals surface area contributed by atoms with Crippen LogP contribution in [-0.2, 0) is 0 Å². The van der Waals surface area contributed by atoms with Crippen molar-refractivity contribution in [2.24, 2.45) is 10.7 Å². The maximum atomic E-state index is 6.00. The Hall–Kier alpha value is -3.22. The van der Waals surface area contributed by atoms with Crippen molar-refractivity contribution in [3.63, 3.8) is 0 Å². The van der Waals surface area contributed by atoms with Crippen LogP contribution >= 0.6 is 0 Å². The van der Waals surface area contributed by atoms with E-state index >= 15 is 0 Å². The van der Waals surface area contributed by atoms with Crippen LogP contribution in [0.5, 0.6) is 11.5 Å². The van der Waals surface area contributed by atoms with Crippen molar-refractivity contribution in [2.75, 3.05) is 19.0 Å². The van der Waals surface area contributed by atoms with Crippen molar-refractivity contribution in [3.05, 3.63) is 48.0 Å². The van der Waals surface area contributed by atoms with Crippen LogP contribution < -0.4 is 20.5 Å². The van der Waals surface area contributed by atoms with Crippen LogP contribution in [0.15, 0.2) is 47.5 Å². The van der Waals surface area contributed by atoms with Gasteiger partial charge in [-0.05, 0) is 30.7 Å². The smallest absolute Gasteiger partial charge is 0.212 e. The van der Waals surface area contributed by atoms with Gasteiger partial charge in [0.1, 0.15) is 0 Å². The summed E-state index contributed by atoms with van der Waals surface area (Å²) in [6.07, 6.45) is 0.593. The Kier molecular flexibility index (Phi) is 4.12. The van der Waals surface area contributed by atoms with Crippen molar-refractivity contribution in [1.82, 2.24) is 9.55 Å². The lowest BCUT2D eigenvalue weighted by atomic mass is 10.1. The molecule has 2 heterocycles. The quantitative estimate of drug-likeness (QED) is 0.737. The summed E-state index contributed by atoms with van der Waals surface area (Å²) in [5.74, 6) is 2.41. The van der Waals surface area contributed by atoms with Gasteiger partial charge in [-0.2, -0.15) is 0 Å². The normalized spacial score (nSPS) is 15.9. The average molecular weight is 351 g/mol. The van der Waals surface area contributed by atoms with E-state index in [-0.39, 0.29) is 6.17 Å². The molecule has 0 aliphatic carbocycles. The third kappa shape index (κ3) is 2.71. The van der Waals surface area contributed by atoms with Crippen LogP contribution in [0.3, 0.4) is 0 Å². The van der Waals surface area contributed by atoms with Crippen molar-refractivity contribution in [3.8, 4) is 11.5 Å². The predicted molar refractivity (Wildman–Crippen MR) is 102 cm³/mol. The second-order valence-electron chi connectivity index (χ2n) is 6.07. The third-order valence-corrected chi connectivity index (χ3v) is 4.29. The van der Waals surface area contributed by atoms with Crippen LogP contribution in [0.1, 0.15) is 25.1 Å². The number of nitrogens with zero attached hydrogens (tertiary/aromatic N) is 3. The van der Waals surface area contributed by atoms with E-state index < -0.39 is 0 Å². The van der Waals surface area contributed by atoms with Crippen molar-refractivity contribution in [1.29, 1.82) is 0 Å². The maximum absolute atomic E-state index is 6.00. The fraction of sp³-hybridized carbons (Fsp3) is 0.263. The number of rotatable bonds is 5. The summed E-state index contributed by atoms with van der Waals surface area (Å²) in [6, 6.07) is 13.8. The highest BCUT2D eigenvalue weighted by atomic mass is 16.5. The third-order valence-electron chi connectivity index (χ3n) is 4.29. The number of nitrogens with two attached hydrogens (primary N) is 1. The summed E-state index contributed by atoms with van der Waals surface area (Å²) in [7, 11) is 1.63. The molecular weight excluding hydrogens is 330 g/mol. The first-order chi connectivity index (χ1) is 12.7. The van der Waals surface area contributed by atoms with E-state index in [9.17, 15) is 0 Å². The fourth-order valence-corrected chi connectivity index (χ4v) is 3.12. The van der Waals surface area contributed by atoms with E-state index in [4.69, 9.17) is 15.2 Å². The minimum absolute atomic E-state index is 0.325. The van der Waals surface area contributed by atoms with Gasteiger partial charge < -0.3 is 15.2 Å². The van der Waals surface area contributed by atoms with Gasteiger partial charge in [0.05, 0.1) is 24.8 Å². The lowest BCUT2D eigenvalue weighted by Gasteiger charge is -2.24. The number of guanidine groups is 1. The Morgan fingerprint density at radius 1 is 1.19 bits per heavy atom. The van der Waals surface area contributed by atoms with Crippen LogP contribution in [0.25, 0.3) is 11.0 Å². The molecule has 7 nitrogen and oxygen atoms in total. The number of hydrogen-bond donors (Lipinski definition) is 2. The molecule has 2 aromatic carbocycles. The Morgan fingerprint density at radius 3 is 2.85 bits per heavy atom. The summed E-state index contributed by atoms with van der Waals surface area (Å²) in [4.78, 5) is 9.22. The van der Waals surface area contributed by atoms with E-state index in [1.807, 2.05) is 47.0 Å². The lowest BCUT2D eigenvalue weighted by Crippen LogP contribution is -2.31. The zero-order chi connectivity index (χ0) is 18.1. The van der Waals surface area contributed by atoms with Gasteiger partial charge in [-0.3, -0.25) is 9.88 Å². The fourth-order valence-electron chi connectivity index (χ4n) is 3.12. The molecule has 1 atom stereocenters. The highest BCUT2D eigenvalue weighted by Gasteiger charge is 2.25. The summed E-state index contributed by atoms with van der Waals surface area (Å²) >= 11 is 0. The second kappa shape index (κ2) is 6.59. The molecule has 3 aromatic rings. The highest BCUT2D eigenvalue weighted by Crippen LogP contribution is 2.36. The first-order valence-corrected chi connectivity index (χ1v) is 8.59. The summed E-state index contributed by atoms with van der Waals surface area (Å²) in [5.41, 5.74) is 8.83. The molecule has 0 radical (unpaired) electrons. The number of hydrogen-bond acceptors (Lipinski definition) is 6. The molecule has 4 rings (SSSR count). The van der Waals surface area contributed by atoms with Crippen molar-refractivity contribution < 1.29 is 9.47 Å². The van der Waals surface area contributed by atoms with E-state index in [2.05, 4.69) is 22.2 Å². The molecule has 7 heteroatoms. The predicted octanol–water partition coefficient (Wildman–Crippen LogP) is 3.12. The first kappa shape index (κ1) is 16.3. The molecule has 0 unspecified atom stereocenters. The van der Waals surface area contributed by atoms with Gasteiger partial charge in [-0.15, -0.1) is 0 Å². The maximum Gasteiger partial charge on any atom is 0.212 e. The van der Waals surface area contributed by atoms with Crippen LogP contribution in [0.2, 0.25) is 0 Å². The molecule has 1 aliphatic heterocycles. The van der Waals surface area contributed by atoms with Gasteiger partial charge in [-0.1, -0.05) is 25.1 Å². The number of aromatic nitrogens is 2. The highest BCUT2D eigenvalue weighted by molar-refractivity contribution is 5.94. The number of anilines is 1. The van der Waals surface area contributed by atoms with E-state index in [0.717, 1.165) is 23.0 Å². The number of aliphatic imine (C=N–C) groups is 1. The molecule has 134 valence electrons. The van der Waals surface area contributed by atoms with Crippen LogP contribution in [-0.4, -0.2) is 29.2 Å². The van der Waals surface area contributed by atoms with Crippen molar-refractivity contribution >= 4 is 22.9 Å². The molecule has 0 saturated heterocycles. The van der Waals surface area contributed by atoms with Gasteiger partial charge in [0.15, 0.2) is 23.6 Å². The number of methoxy groups -OCH3 is 1. The zero-order valence-electron chi connectivity index (χ0n) is 14.8. The molecule has 0 fully saturated rings. The SMILES string of the molecule is CCCOc1cc([C@@H]2N=C(N)Nc3nc4ccccc4n32)ccc1OC. The molecule has 0 spiro atoms. The summed E-state index contributed by atoms with van der Waals surface area (Å²) < 4.78 is 13.3. The number of ether oxygens (including phenoxy) is 2. The minimum Gasteiger partial charge on any atom is -0.493 e. The topological polar surface area (TPSA) is 86.7 Å². The molecular formula is C19H21N5O2. The molecule has 0 saturated carbocycles. The van der Waals surface area contributed by atoms with E-state index in [1.165, 1.54) is 0 Å². The molecule has 3 N–H and O–H groups in total. The molecule has 1 aliphatic rings. The van der Waals surface area contributed by atoms with Gasteiger partial charge in [-0.25, -0.2) is 9.98 Å². The summed E-state index contributed by atoms with van der Waals surface area (Å²) in [5, 5.41) is 3.04. The molecule has 1 aromatic heterocycles. The van der Waals surface area contributed by atoms with E-state index in [0.29, 0.717) is 30.0 Å². The van der Waals surface area contributed by atoms with Gasteiger partial charge >= 0.3 is 0 Å². The Balaban J connectivity index is 1.83. The van der Waals surface area contributed by atoms with Gasteiger partial charge in [0.25, 0.3) is 0 Å². The average Bonchev–Trinajstić information content (AvgIpc) is 3.03. The number of imidazole rings is 1. The lowest BCUT2D eigenvalue weighted by molar-refractivity contribution is 0.293. The van der Waals surface area contributed by atoms with E-state index in [1.54, 1.807) is 7.11 Å². The Labute approximate surface area is 151 Å². The largest absolute Gasteiger partial charge is 0.493 e. The molecule has 26 heavy (non-hydrogen) atoms. The second-order valence-corrected chi connectivity index (χ2v) is 6.07.